The lowest BCUT2D eigenvalue weighted by molar-refractivity contribution is 0.0420. The molecule has 1 aromatic heterocycles. The van der Waals surface area contributed by atoms with Crippen LogP contribution in [0.4, 0.5) is 5.82 Å². The van der Waals surface area contributed by atoms with Gasteiger partial charge in [0.1, 0.15) is 5.82 Å². The quantitative estimate of drug-likeness (QED) is 0.390. The Labute approximate surface area is 162 Å². The maximum atomic E-state index is 5.80. The molecule has 0 bridgehead atoms. The summed E-state index contributed by atoms with van der Waals surface area (Å²) in [4.78, 5) is 11.6. The van der Waals surface area contributed by atoms with Crippen molar-refractivity contribution in [1.29, 1.82) is 0 Å². The van der Waals surface area contributed by atoms with Crippen LogP contribution in [0.1, 0.15) is 38.2 Å². The molecule has 2 aliphatic rings. The number of ether oxygens (including phenoxy) is 2. The normalized spacial score (nSPS) is 20.3. The van der Waals surface area contributed by atoms with Crippen LogP contribution in [0.5, 0.6) is 0 Å². The number of pyridine rings is 1. The highest BCUT2D eigenvalue weighted by Gasteiger charge is 2.15. The first-order valence-corrected chi connectivity index (χ1v) is 10.3. The van der Waals surface area contributed by atoms with Gasteiger partial charge in [-0.15, -0.1) is 0 Å². The second-order valence-corrected chi connectivity index (χ2v) is 7.05. The number of guanidine groups is 1. The maximum absolute atomic E-state index is 5.80. The van der Waals surface area contributed by atoms with Gasteiger partial charge >= 0.3 is 0 Å². The van der Waals surface area contributed by atoms with E-state index < -0.39 is 0 Å². The van der Waals surface area contributed by atoms with Crippen molar-refractivity contribution in [3.8, 4) is 0 Å². The molecule has 0 saturated carbocycles. The molecule has 2 N–H and O–H groups in total. The highest BCUT2D eigenvalue weighted by atomic mass is 16.5. The van der Waals surface area contributed by atoms with Crippen molar-refractivity contribution < 1.29 is 9.47 Å². The topological polar surface area (TPSA) is 71.0 Å². The van der Waals surface area contributed by atoms with Crippen LogP contribution in [-0.4, -0.2) is 63.0 Å². The van der Waals surface area contributed by atoms with E-state index in [1.54, 1.807) is 0 Å². The second-order valence-electron chi connectivity index (χ2n) is 7.05. The molecule has 150 valence electrons. The molecule has 0 spiro atoms. The molecule has 1 atom stereocenters. The van der Waals surface area contributed by atoms with Crippen LogP contribution in [-0.2, 0) is 16.0 Å². The Morgan fingerprint density at radius 2 is 2.26 bits per heavy atom. The van der Waals surface area contributed by atoms with Gasteiger partial charge in [-0.1, -0.05) is 0 Å². The Hall–Kier alpha value is -1.86. The van der Waals surface area contributed by atoms with E-state index in [4.69, 9.17) is 14.5 Å². The first-order valence-electron chi connectivity index (χ1n) is 10.3. The van der Waals surface area contributed by atoms with Crippen molar-refractivity contribution in [2.24, 2.45) is 4.99 Å². The van der Waals surface area contributed by atoms with Gasteiger partial charge in [-0.2, -0.15) is 0 Å². The fourth-order valence-electron chi connectivity index (χ4n) is 3.36. The van der Waals surface area contributed by atoms with Gasteiger partial charge in [0.15, 0.2) is 5.96 Å². The molecular weight excluding hydrogens is 342 g/mol. The van der Waals surface area contributed by atoms with Crippen LogP contribution in [0.25, 0.3) is 0 Å². The molecule has 1 unspecified atom stereocenters. The second kappa shape index (κ2) is 11.1. The highest BCUT2D eigenvalue weighted by molar-refractivity contribution is 5.79. The van der Waals surface area contributed by atoms with Gasteiger partial charge in [0, 0.05) is 45.6 Å². The molecule has 7 nitrogen and oxygen atoms in total. The summed E-state index contributed by atoms with van der Waals surface area (Å²) in [6, 6.07) is 4.21. The van der Waals surface area contributed by atoms with Gasteiger partial charge in [0.2, 0.25) is 0 Å². The van der Waals surface area contributed by atoms with Crippen molar-refractivity contribution in [3.05, 3.63) is 23.9 Å². The Bertz CT molecular complexity index is 583. The predicted molar refractivity (Wildman–Crippen MR) is 108 cm³/mol. The number of rotatable bonds is 9. The Kier molecular flexibility index (Phi) is 8.17. The minimum atomic E-state index is 0.281. The molecule has 2 saturated heterocycles. The molecule has 1 aromatic rings. The monoisotopic (exact) mass is 375 g/mol. The minimum absolute atomic E-state index is 0.281. The van der Waals surface area contributed by atoms with E-state index in [1.165, 1.54) is 18.4 Å². The molecule has 3 heterocycles. The highest BCUT2D eigenvalue weighted by Crippen LogP contribution is 2.18. The summed E-state index contributed by atoms with van der Waals surface area (Å²) in [5.41, 5.74) is 1.19. The summed E-state index contributed by atoms with van der Waals surface area (Å²) in [5, 5.41) is 6.69. The minimum Gasteiger partial charge on any atom is -0.379 e. The SMILES string of the molecule is CCNC(=NCc1ccnc(N2CCCC2)c1)NCCCOC1CCOC1. The third-order valence-corrected chi connectivity index (χ3v) is 4.86. The van der Waals surface area contributed by atoms with Crippen molar-refractivity contribution in [2.45, 2.75) is 45.3 Å². The van der Waals surface area contributed by atoms with Crippen LogP contribution in [0.15, 0.2) is 23.3 Å². The molecule has 7 heteroatoms. The molecule has 0 amide bonds. The third kappa shape index (κ3) is 6.66. The van der Waals surface area contributed by atoms with E-state index in [1.807, 2.05) is 12.3 Å². The molecule has 2 fully saturated rings. The molecule has 2 aliphatic heterocycles. The van der Waals surface area contributed by atoms with Crippen LogP contribution >= 0.6 is 0 Å². The van der Waals surface area contributed by atoms with E-state index in [9.17, 15) is 0 Å². The fraction of sp³-hybridized carbons (Fsp3) is 0.700. The molecule has 0 aromatic carbocycles. The zero-order chi connectivity index (χ0) is 18.7. The fourth-order valence-corrected chi connectivity index (χ4v) is 3.36. The van der Waals surface area contributed by atoms with Crippen LogP contribution in [0.3, 0.4) is 0 Å². The zero-order valence-corrected chi connectivity index (χ0v) is 16.5. The van der Waals surface area contributed by atoms with Crippen molar-refractivity contribution >= 4 is 11.8 Å². The maximum Gasteiger partial charge on any atom is 0.191 e. The van der Waals surface area contributed by atoms with Crippen LogP contribution < -0.4 is 15.5 Å². The van der Waals surface area contributed by atoms with Crippen molar-refractivity contribution in [3.63, 3.8) is 0 Å². The van der Waals surface area contributed by atoms with E-state index >= 15 is 0 Å². The first kappa shape index (κ1) is 19.9. The average Bonchev–Trinajstić information content (AvgIpc) is 3.40. The van der Waals surface area contributed by atoms with Gasteiger partial charge in [0.05, 0.1) is 19.3 Å². The number of nitrogens with zero attached hydrogens (tertiary/aromatic N) is 3. The van der Waals surface area contributed by atoms with Gasteiger partial charge in [-0.25, -0.2) is 9.98 Å². The number of hydrogen-bond donors (Lipinski definition) is 2. The summed E-state index contributed by atoms with van der Waals surface area (Å²) in [5.74, 6) is 1.92. The summed E-state index contributed by atoms with van der Waals surface area (Å²) >= 11 is 0. The summed E-state index contributed by atoms with van der Waals surface area (Å²) in [6.45, 7) is 8.96. The van der Waals surface area contributed by atoms with E-state index in [2.05, 4.69) is 33.5 Å². The molecule has 0 aliphatic carbocycles. The standard InChI is InChI=1S/C20H33N5O2/c1-2-21-20(23-8-5-12-27-18-7-13-26-16-18)24-15-17-6-9-22-19(14-17)25-10-3-4-11-25/h6,9,14,18H,2-5,7-8,10-13,15-16H2,1H3,(H2,21,23,24). The number of hydrogen-bond acceptors (Lipinski definition) is 5. The number of aromatic nitrogens is 1. The molecule has 0 radical (unpaired) electrons. The van der Waals surface area contributed by atoms with Crippen LogP contribution in [0, 0.1) is 0 Å². The van der Waals surface area contributed by atoms with E-state index in [0.717, 1.165) is 70.6 Å². The lowest BCUT2D eigenvalue weighted by Crippen LogP contribution is -2.38. The Morgan fingerprint density at radius 1 is 1.37 bits per heavy atom. The van der Waals surface area contributed by atoms with E-state index in [-0.39, 0.29) is 6.10 Å². The molecular formula is C20H33N5O2. The summed E-state index contributed by atoms with van der Waals surface area (Å²) < 4.78 is 11.1. The summed E-state index contributed by atoms with van der Waals surface area (Å²) in [6.07, 6.45) is 6.66. The number of anilines is 1. The van der Waals surface area contributed by atoms with E-state index in [0.29, 0.717) is 6.54 Å². The molecule has 27 heavy (non-hydrogen) atoms. The Balaban J connectivity index is 1.43. The number of nitrogens with one attached hydrogen (secondary N) is 2. The lowest BCUT2D eigenvalue weighted by Gasteiger charge is -2.16. The van der Waals surface area contributed by atoms with Gasteiger partial charge < -0.3 is 25.0 Å². The van der Waals surface area contributed by atoms with Crippen molar-refractivity contribution in [1.82, 2.24) is 15.6 Å². The van der Waals surface area contributed by atoms with Gasteiger partial charge in [-0.3, -0.25) is 0 Å². The van der Waals surface area contributed by atoms with Gasteiger partial charge in [-0.05, 0) is 50.3 Å². The van der Waals surface area contributed by atoms with Gasteiger partial charge in [0.25, 0.3) is 0 Å². The first-order chi connectivity index (χ1) is 13.3. The molecule has 3 rings (SSSR count). The average molecular weight is 376 g/mol. The summed E-state index contributed by atoms with van der Waals surface area (Å²) in [7, 11) is 0. The lowest BCUT2D eigenvalue weighted by atomic mass is 10.2. The number of aliphatic imine (C=N–C) groups is 1. The van der Waals surface area contributed by atoms with Crippen molar-refractivity contribution in [2.75, 3.05) is 50.9 Å². The van der Waals surface area contributed by atoms with Crippen LogP contribution in [0.2, 0.25) is 0 Å². The largest absolute Gasteiger partial charge is 0.379 e. The predicted octanol–water partition coefficient (Wildman–Crippen LogP) is 1.93. The third-order valence-electron chi connectivity index (χ3n) is 4.86. The smallest absolute Gasteiger partial charge is 0.191 e. The Morgan fingerprint density at radius 3 is 3.04 bits per heavy atom. The zero-order valence-electron chi connectivity index (χ0n) is 16.5.